The van der Waals surface area contributed by atoms with E-state index < -0.39 is 11.1 Å². The monoisotopic (exact) mass is 678 g/mol. The molecule has 0 spiro atoms. The summed E-state index contributed by atoms with van der Waals surface area (Å²) in [5.74, 6) is 14.5. The minimum atomic E-state index is -0.430. The molecule has 0 aromatic rings. The molecule has 8 heteroatoms. The van der Waals surface area contributed by atoms with Crippen LogP contribution in [0.15, 0.2) is 0 Å². The molecule has 0 amide bonds. The molecule has 2 aliphatic rings. The van der Waals surface area contributed by atoms with Crippen LogP contribution in [0.2, 0.25) is 0 Å². The van der Waals surface area contributed by atoms with Crippen molar-refractivity contribution in [2.24, 2.45) is 0 Å². The Labute approximate surface area is 298 Å². The van der Waals surface area contributed by atoms with E-state index in [1.165, 1.54) is 32.1 Å². The molecule has 2 aliphatic heterocycles. The van der Waals surface area contributed by atoms with E-state index in [1.807, 2.05) is 32.8 Å². The molecule has 272 valence electrons. The molecule has 8 nitrogen and oxygen atoms in total. The molecule has 0 bridgehead atoms. The van der Waals surface area contributed by atoms with Crippen LogP contribution in [0.1, 0.15) is 159 Å². The lowest BCUT2D eigenvalue weighted by molar-refractivity contribution is -0.293. The van der Waals surface area contributed by atoms with Crippen LogP contribution in [-0.2, 0) is 28.7 Å². The molecule has 2 fully saturated rings. The van der Waals surface area contributed by atoms with Gasteiger partial charge in [0.25, 0.3) is 0 Å². The van der Waals surface area contributed by atoms with Crippen LogP contribution >= 0.6 is 0 Å². The number of carbonyl (C=O) groups is 2. The van der Waals surface area contributed by atoms with Gasteiger partial charge < -0.3 is 14.3 Å². The average molecular weight is 679 g/mol. The quantitative estimate of drug-likeness (QED) is 0.0874. The van der Waals surface area contributed by atoms with Crippen LogP contribution in [0, 0.1) is 48.1 Å². The molecule has 0 radical (unpaired) electrons. The lowest BCUT2D eigenvalue weighted by atomic mass is 9.80. The Morgan fingerprint density at radius 1 is 0.612 bits per heavy atom. The van der Waals surface area contributed by atoms with Gasteiger partial charge in [0.1, 0.15) is 12.2 Å². The number of unbranched alkanes of at least 4 members (excludes halogenated alkanes) is 7. The number of esters is 2. The minimum Gasteiger partial charge on any atom is -0.462 e. The third-order valence-corrected chi connectivity index (χ3v) is 9.19. The fourth-order valence-corrected chi connectivity index (χ4v) is 7.57. The summed E-state index contributed by atoms with van der Waals surface area (Å²) in [6, 6.07) is 0. The van der Waals surface area contributed by atoms with Crippen molar-refractivity contribution in [1.82, 2.24) is 10.1 Å². The van der Waals surface area contributed by atoms with Gasteiger partial charge in [0.2, 0.25) is 0 Å². The highest BCUT2D eigenvalue weighted by atomic mass is 16.7. The summed E-state index contributed by atoms with van der Waals surface area (Å²) >= 11 is 0. The van der Waals surface area contributed by atoms with Gasteiger partial charge >= 0.3 is 11.9 Å². The molecule has 2 saturated heterocycles. The molecule has 0 aromatic heterocycles. The van der Waals surface area contributed by atoms with E-state index in [2.05, 4.69) is 81.3 Å². The second-order valence-corrected chi connectivity index (χ2v) is 16.0. The van der Waals surface area contributed by atoms with E-state index in [4.69, 9.17) is 25.6 Å². The number of piperidine rings is 2. The number of hydrogen-bond acceptors (Lipinski definition) is 8. The van der Waals surface area contributed by atoms with E-state index >= 15 is 0 Å². The third kappa shape index (κ3) is 14.7. The number of hydrogen-bond donors (Lipinski definition) is 0. The lowest BCUT2D eigenvalue weighted by Gasteiger charge is -2.53. The molecule has 2 rings (SSSR count). The van der Waals surface area contributed by atoms with Gasteiger partial charge in [-0.2, -0.15) is 5.06 Å². The van der Waals surface area contributed by atoms with Crippen LogP contribution in [0.5, 0.6) is 0 Å². The molecular formula is C41H62N2O6. The summed E-state index contributed by atoms with van der Waals surface area (Å²) in [5.41, 5.74) is -1.35. The Balaban J connectivity index is 1.71. The predicted molar refractivity (Wildman–Crippen MR) is 194 cm³/mol. The number of rotatable bonds is 17. The van der Waals surface area contributed by atoms with Crippen LogP contribution in [0.25, 0.3) is 0 Å². The SMILES string of the molecule is C#CC#CC#CC#CON1C(C)(C)CC(OC(=O)CCCCCC(=O)OC2CC(C)(C)N(OCCCCCCCC)C(C)(C)C2)CC1(C)C. The lowest BCUT2D eigenvalue weighted by Crippen LogP contribution is -2.62. The maximum Gasteiger partial charge on any atom is 0.306 e. The Kier molecular flexibility index (Phi) is 17.1. The Morgan fingerprint density at radius 2 is 1.04 bits per heavy atom. The van der Waals surface area contributed by atoms with Crippen LogP contribution < -0.4 is 0 Å². The van der Waals surface area contributed by atoms with Crippen molar-refractivity contribution in [2.45, 2.75) is 193 Å². The van der Waals surface area contributed by atoms with E-state index in [9.17, 15) is 9.59 Å². The fourth-order valence-electron chi connectivity index (χ4n) is 7.57. The first-order valence-corrected chi connectivity index (χ1v) is 18.3. The van der Waals surface area contributed by atoms with E-state index in [1.54, 1.807) is 0 Å². The van der Waals surface area contributed by atoms with E-state index in [-0.39, 0.29) is 35.2 Å². The largest absolute Gasteiger partial charge is 0.462 e. The molecule has 2 heterocycles. The van der Waals surface area contributed by atoms with Gasteiger partial charge in [-0.15, -0.1) is 11.5 Å². The summed E-state index contributed by atoms with van der Waals surface area (Å²) in [6.07, 6.45) is 20.1. The fraction of sp³-hybridized carbons (Fsp3) is 0.756. The van der Waals surface area contributed by atoms with Crippen molar-refractivity contribution in [3.8, 4) is 48.1 Å². The summed E-state index contributed by atoms with van der Waals surface area (Å²) in [5, 5.41) is 3.99. The van der Waals surface area contributed by atoms with Crippen molar-refractivity contribution < 1.29 is 28.7 Å². The maximum absolute atomic E-state index is 12.8. The highest BCUT2D eigenvalue weighted by Gasteiger charge is 2.49. The van der Waals surface area contributed by atoms with Crippen LogP contribution in [0.3, 0.4) is 0 Å². The zero-order valence-electron chi connectivity index (χ0n) is 31.9. The van der Waals surface area contributed by atoms with Crippen molar-refractivity contribution >= 4 is 11.9 Å². The van der Waals surface area contributed by atoms with Crippen LogP contribution in [-0.4, -0.2) is 63.0 Å². The Morgan fingerprint density at radius 3 is 1.55 bits per heavy atom. The van der Waals surface area contributed by atoms with Gasteiger partial charge in [0.05, 0.1) is 17.7 Å². The molecule has 0 saturated carbocycles. The average Bonchev–Trinajstić information content (AvgIpc) is 2.97. The van der Waals surface area contributed by atoms with Gasteiger partial charge in [0.15, 0.2) is 6.11 Å². The van der Waals surface area contributed by atoms with Crippen molar-refractivity contribution in [3.05, 3.63) is 0 Å². The molecular weight excluding hydrogens is 616 g/mol. The third-order valence-electron chi connectivity index (χ3n) is 9.19. The number of terminal acetylenes is 1. The first-order valence-electron chi connectivity index (χ1n) is 18.3. The molecule has 0 N–H and O–H groups in total. The zero-order chi connectivity index (χ0) is 36.6. The second kappa shape index (κ2) is 19.9. The molecule has 0 aromatic carbocycles. The summed E-state index contributed by atoms with van der Waals surface area (Å²) in [4.78, 5) is 37.6. The highest BCUT2D eigenvalue weighted by Crippen LogP contribution is 2.41. The van der Waals surface area contributed by atoms with Gasteiger partial charge in [-0.1, -0.05) is 45.4 Å². The molecule has 0 atom stereocenters. The minimum absolute atomic E-state index is 0.147. The molecule has 0 aliphatic carbocycles. The van der Waals surface area contributed by atoms with Crippen molar-refractivity contribution in [3.63, 3.8) is 0 Å². The molecule has 49 heavy (non-hydrogen) atoms. The van der Waals surface area contributed by atoms with Gasteiger partial charge in [-0.05, 0) is 92.4 Å². The number of nitrogens with zero attached hydrogens (tertiary/aromatic N) is 2. The Bertz CT molecular complexity index is 1270. The van der Waals surface area contributed by atoms with E-state index in [0.29, 0.717) is 38.5 Å². The van der Waals surface area contributed by atoms with E-state index in [0.717, 1.165) is 32.3 Å². The summed E-state index contributed by atoms with van der Waals surface area (Å²) in [7, 11) is 0. The van der Waals surface area contributed by atoms with Gasteiger partial charge in [-0.3, -0.25) is 14.4 Å². The zero-order valence-corrected chi connectivity index (χ0v) is 31.9. The maximum atomic E-state index is 12.8. The first kappa shape index (κ1) is 42.0. The number of ether oxygens (including phenoxy) is 2. The Hall–Kier alpha value is -3.14. The van der Waals surface area contributed by atoms with Crippen LogP contribution in [0.4, 0.5) is 0 Å². The summed E-state index contributed by atoms with van der Waals surface area (Å²) < 4.78 is 11.9. The summed E-state index contributed by atoms with van der Waals surface area (Å²) in [6.45, 7) is 19.8. The standard InChI is InChI=1S/C41H62N2O6/c1-11-13-15-17-19-24-28-46-42-38(3,4)30-34(31-39(42,5)6)48-36(44)26-22-21-23-27-37(45)49-35-32-40(7,8)43(41(9,10)33-35)47-29-25-20-18-16-14-12-2/h1,34-35H,12,14,16,18,20-23,25-27,29-33H2,2-10H3. The second-order valence-electron chi connectivity index (χ2n) is 16.0. The smallest absolute Gasteiger partial charge is 0.306 e. The number of hydroxylamine groups is 4. The first-order chi connectivity index (χ1) is 23.0. The van der Waals surface area contributed by atoms with Gasteiger partial charge in [-0.25, -0.2) is 0 Å². The normalized spacial score (nSPS) is 19.8. The highest BCUT2D eigenvalue weighted by molar-refractivity contribution is 5.70. The topological polar surface area (TPSA) is 77.5 Å². The van der Waals surface area contributed by atoms with Crippen molar-refractivity contribution in [2.75, 3.05) is 6.61 Å². The van der Waals surface area contributed by atoms with Crippen molar-refractivity contribution in [1.29, 1.82) is 0 Å². The van der Waals surface area contributed by atoms with Gasteiger partial charge in [0, 0.05) is 67.4 Å². The molecule has 0 unspecified atom stereocenters. The number of carbonyl (C=O) groups excluding carboxylic acids is 2. The predicted octanol–water partition coefficient (Wildman–Crippen LogP) is 7.89.